The van der Waals surface area contributed by atoms with Crippen LogP contribution in [0, 0.1) is 11.8 Å². The number of aryl methyl sites for hydroxylation is 1. The third-order valence-electron chi connectivity index (χ3n) is 6.34. The van der Waals surface area contributed by atoms with Crippen LogP contribution in [-0.2, 0) is 18.4 Å². The van der Waals surface area contributed by atoms with Crippen LogP contribution in [0.5, 0.6) is 0 Å². The number of likely N-dealkylation sites (tertiary alicyclic amines) is 2. The van der Waals surface area contributed by atoms with Crippen molar-refractivity contribution in [2.45, 2.75) is 32.0 Å². The summed E-state index contributed by atoms with van der Waals surface area (Å²) in [7, 11) is 3.84. The second-order valence-corrected chi connectivity index (χ2v) is 8.53. The van der Waals surface area contributed by atoms with Gasteiger partial charge in [0.05, 0.1) is 12.2 Å². The van der Waals surface area contributed by atoms with Crippen molar-refractivity contribution in [1.29, 1.82) is 0 Å². The van der Waals surface area contributed by atoms with E-state index in [0.717, 1.165) is 31.7 Å². The number of rotatable bonds is 6. The number of nitrogens with one attached hydrogen (secondary N) is 1. The number of hydrogen-bond acceptors (Lipinski definition) is 4. The minimum Gasteiger partial charge on any atom is -0.338 e. The lowest BCUT2D eigenvalue weighted by atomic mass is 9.95. The van der Waals surface area contributed by atoms with Gasteiger partial charge in [0.1, 0.15) is 0 Å². The van der Waals surface area contributed by atoms with Gasteiger partial charge in [0.15, 0.2) is 0 Å². The molecule has 1 N–H and O–H groups in total. The van der Waals surface area contributed by atoms with Gasteiger partial charge in [0, 0.05) is 70.4 Å². The smallest absolute Gasteiger partial charge is 0.223 e. The van der Waals surface area contributed by atoms with Crippen LogP contribution >= 0.6 is 0 Å². The fourth-order valence-corrected chi connectivity index (χ4v) is 4.83. The molecule has 0 bridgehead atoms. The first kappa shape index (κ1) is 19.2. The molecule has 2 saturated heterocycles. The van der Waals surface area contributed by atoms with Crippen molar-refractivity contribution in [3.8, 4) is 0 Å². The molecule has 2 aromatic rings. The number of benzene rings is 1. The lowest BCUT2D eigenvalue weighted by molar-refractivity contribution is -0.127. The Morgan fingerprint density at radius 2 is 1.96 bits per heavy atom. The van der Waals surface area contributed by atoms with E-state index in [9.17, 15) is 4.79 Å². The summed E-state index contributed by atoms with van der Waals surface area (Å²) in [6, 6.07) is 11.3. The molecular formula is C22H31N5O. The molecule has 150 valence electrons. The Kier molecular flexibility index (Phi) is 5.51. The highest BCUT2D eigenvalue weighted by Gasteiger charge is 2.40. The molecule has 1 aromatic carbocycles. The summed E-state index contributed by atoms with van der Waals surface area (Å²) in [6.07, 6.45) is 4.54. The molecule has 2 aliphatic heterocycles. The molecule has 2 fully saturated rings. The first-order chi connectivity index (χ1) is 13.5. The van der Waals surface area contributed by atoms with E-state index < -0.39 is 0 Å². The number of amides is 1. The number of carbonyl (C=O) groups excluding carboxylic acids is 1. The molecule has 3 heterocycles. The summed E-state index contributed by atoms with van der Waals surface area (Å²) in [6.45, 7) is 6.37. The van der Waals surface area contributed by atoms with Crippen LogP contribution in [0.25, 0.3) is 0 Å². The van der Waals surface area contributed by atoms with Crippen LogP contribution in [-0.4, -0.2) is 58.2 Å². The van der Waals surface area contributed by atoms with Crippen molar-refractivity contribution in [3.05, 3.63) is 53.9 Å². The van der Waals surface area contributed by atoms with Crippen LogP contribution in [0.15, 0.2) is 42.7 Å². The molecule has 2 aliphatic rings. The molecule has 0 aliphatic carbocycles. The molecule has 0 saturated carbocycles. The maximum Gasteiger partial charge on any atom is 0.223 e. The van der Waals surface area contributed by atoms with Gasteiger partial charge in [-0.1, -0.05) is 37.3 Å². The summed E-state index contributed by atoms with van der Waals surface area (Å²) in [4.78, 5) is 16.8. The summed E-state index contributed by atoms with van der Waals surface area (Å²) in [5.41, 5.74) is 2.50. The Balaban J connectivity index is 1.36. The van der Waals surface area contributed by atoms with Crippen LogP contribution in [0.2, 0.25) is 0 Å². The van der Waals surface area contributed by atoms with Gasteiger partial charge >= 0.3 is 0 Å². The summed E-state index contributed by atoms with van der Waals surface area (Å²) in [5.74, 6) is 1.12. The topological polar surface area (TPSA) is 53.4 Å². The predicted molar refractivity (Wildman–Crippen MR) is 109 cm³/mol. The average Bonchev–Trinajstić information content (AvgIpc) is 3.33. The normalized spacial score (nSPS) is 28.4. The van der Waals surface area contributed by atoms with E-state index in [1.54, 1.807) is 0 Å². The Labute approximate surface area is 167 Å². The van der Waals surface area contributed by atoms with Crippen molar-refractivity contribution in [3.63, 3.8) is 0 Å². The number of carbonyl (C=O) groups is 1. The quantitative estimate of drug-likeness (QED) is 0.832. The van der Waals surface area contributed by atoms with Crippen molar-refractivity contribution < 1.29 is 4.79 Å². The van der Waals surface area contributed by atoms with Gasteiger partial charge in [-0.05, 0) is 11.5 Å². The van der Waals surface area contributed by atoms with Crippen molar-refractivity contribution in [2.24, 2.45) is 18.9 Å². The Hall–Kier alpha value is -2.18. The first-order valence-corrected chi connectivity index (χ1v) is 10.2. The van der Waals surface area contributed by atoms with Gasteiger partial charge in [-0.2, -0.15) is 5.10 Å². The second kappa shape index (κ2) is 8.05. The highest BCUT2D eigenvalue weighted by atomic mass is 16.2. The molecular weight excluding hydrogens is 350 g/mol. The Bertz CT molecular complexity index is 804. The molecule has 0 radical (unpaired) electrons. The Morgan fingerprint density at radius 3 is 2.68 bits per heavy atom. The van der Waals surface area contributed by atoms with Crippen molar-refractivity contribution in [1.82, 2.24) is 24.9 Å². The molecule has 4 rings (SSSR count). The van der Waals surface area contributed by atoms with Crippen LogP contribution in [0.3, 0.4) is 0 Å². The van der Waals surface area contributed by atoms with E-state index >= 15 is 0 Å². The first-order valence-electron chi connectivity index (χ1n) is 10.2. The number of nitrogens with zero attached hydrogens (tertiary/aromatic N) is 4. The molecule has 1 amide bonds. The fraction of sp³-hybridized carbons (Fsp3) is 0.545. The molecule has 6 nitrogen and oxygen atoms in total. The van der Waals surface area contributed by atoms with E-state index in [2.05, 4.69) is 52.6 Å². The summed E-state index contributed by atoms with van der Waals surface area (Å²) < 4.78 is 1.82. The minimum absolute atomic E-state index is 0.117. The SMILES string of the molecule is C[C@@H]1CN(Cc2ccccc2)C[C@H]1NC[C@@H]1CC(=O)N(C)[C@H]1c1cnn(C)c1. The van der Waals surface area contributed by atoms with E-state index in [1.807, 2.05) is 36.1 Å². The number of aromatic nitrogens is 2. The van der Waals surface area contributed by atoms with Gasteiger partial charge < -0.3 is 10.2 Å². The molecule has 28 heavy (non-hydrogen) atoms. The fourth-order valence-electron chi connectivity index (χ4n) is 4.83. The molecule has 6 heteroatoms. The van der Waals surface area contributed by atoms with Gasteiger partial charge in [-0.15, -0.1) is 0 Å². The van der Waals surface area contributed by atoms with E-state index in [-0.39, 0.29) is 17.9 Å². The van der Waals surface area contributed by atoms with E-state index in [4.69, 9.17) is 0 Å². The predicted octanol–water partition coefficient (Wildman–Crippen LogP) is 2.05. The summed E-state index contributed by atoms with van der Waals surface area (Å²) in [5, 5.41) is 8.10. The standard InChI is InChI=1S/C22H31N5O/c1-16-12-27(13-17-7-5-4-6-8-17)15-20(16)23-10-18-9-21(28)26(3)22(18)19-11-24-25(2)14-19/h4-8,11,14,16,18,20,22-23H,9-10,12-13,15H2,1-3H3/t16-,18+,20-,22-/m1/s1. The lowest BCUT2D eigenvalue weighted by Crippen LogP contribution is -2.39. The zero-order chi connectivity index (χ0) is 19.7. The highest BCUT2D eigenvalue weighted by Crippen LogP contribution is 2.36. The van der Waals surface area contributed by atoms with Crippen LogP contribution in [0.1, 0.15) is 30.5 Å². The van der Waals surface area contributed by atoms with E-state index in [1.165, 1.54) is 5.56 Å². The molecule has 4 atom stereocenters. The van der Waals surface area contributed by atoms with Gasteiger partial charge in [0.25, 0.3) is 0 Å². The molecule has 0 unspecified atom stereocenters. The zero-order valence-electron chi connectivity index (χ0n) is 17.1. The van der Waals surface area contributed by atoms with Gasteiger partial charge in [-0.25, -0.2) is 0 Å². The highest BCUT2D eigenvalue weighted by molar-refractivity contribution is 5.79. The van der Waals surface area contributed by atoms with Crippen LogP contribution in [0.4, 0.5) is 0 Å². The molecule has 0 spiro atoms. The third kappa shape index (κ3) is 3.98. The largest absolute Gasteiger partial charge is 0.338 e. The second-order valence-electron chi connectivity index (χ2n) is 8.53. The monoisotopic (exact) mass is 381 g/mol. The molecule has 1 aromatic heterocycles. The van der Waals surface area contributed by atoms with Crippen molar-refractivity contribution >= 4 is 5.91 Å². The minimum atomic E-state index is 0.117. The van der Waals surface area contributed by atoms with Gasteiger partial charge in [-0.3, -0.25) is 14.4 Å². The lowest BCUT2D eigenvalue weighted by Gasteiger charge is -2.26. The number of hydrogen-bond donors (Lipinski definition) is 1. The van der Waals surface area contributed by atoms with E-state index in [0.29, 0.717) is 18.4 Å². The van der Waals surface area contributed by atoms with Gasteiger partial charge in [0.2, 0.25) is 5.91 Å². The third-order valence-corrected chi connectivity index (χ3v) is 6.34. The maximum absolute atomic E-state index is 12.4. The maximum atomic E-state index is 12.4. The average molecular weight is 382 g/mol. The van der Waals surface area contributed by atoms with Crippen LogP contribution < -0.4 is 5.32 Å². The Morgan fingerprint density at radius 1 is 1.18 bits per heavy atom. The summed E-state index contributed by atoms with van der Waals surface area (Å²) >= 11 is 0. The zero-order valence-corrected chi connectivity index (χ0v) is 17.1. The van der Waals surface area contributed by atoms with Crippen molar-refractivity contribution in [2.75, 3.05) is 26.7 Å².